The van der Waals surface area contributed by atoms with E-state index in [0.717, 1.165) is 6.54 Å². The lowest BCUT2D eigenvalue weighted by atomic mass is 10.1. The van der Waals surface area contributed by atoms with Gasteiger partial charge in [-0.3, -0.25) is 0 Å². The third-order valence-corrected chi connectivity index (χ3v) is 2.31. The Morgan fingerprint density at radius 3 is 2.62 bits per heavy atom. The predicted octanol–water partition coefficient (Wildman–Crippen LogP) is 3.51. The van der Waals surface area contributed by atoms with E-state index in [4.69, 9.17) is 0 Å². The fourth-order valence-electron chi connectivity index (χ4n) is 1.37. The molecule has 0 aliphatic carbocycles. The van der Waals surface area contributed by atoms with Crippen LogP contribution in [-0.2, 0) is 0 Å². The maximum Gasteiger partial charge on any atom is 0.0137 e. The molecule has 0 radical (unpaired) electrons. The average molecular weight is 183 g/mol. The molecule has 1 atom stereocenters. The van der Waals surface area contributed by atoms with Crippen molar-refractivity contribution in [2.24, 2.45) is 0 Å². The molecule has 0 aromatic heterocycles. The smallest absolute Gasteiger partial charge is 0.0137 e. The van der Waals surface area contributed by atoms with Crippen molar-refractivity contribution in [3.8, 4) is 0 Å². The van der Waals surface area contributed by atoms with Gasteiger partial charge in [-0.15, -0.1) is 0 Å². The Labute approximate surface area is 83.6 Å². The molecule has 0 aliphatic rings. The Morgan fingerprint density at radius 2 is 2.00 bits per heavy atom. The van der Waals surface area contributed by atoms with Crippen LogP contribution in [0.4, 0.5) is 0 Å². The average Bonchev–Trinajstić information content (AvgIpc) is 2.13. The fourth-order valence-corrected chi connectivity index (χ4v) is 1.37. The molecule has 1 N–H and O–H groups in total. The monoisotopic (exact) mass is 183 g/mol. The molecule has 0 saturated heterocycles. The van der Waals surface area contributed by atoms with Crippen LogP contribution >= 0.6 is 0 Å². The highest BCUT2D eigenvalue weighted by Crippen LogP contribution is 2.04. The van der Waals surface area contributed by atoms with E-state index in [1.165, 1.54) is 32.1 Å². The summed E-state index contributed by atoms with van der Waals surface area (Å²) in [4.78, 5) is 0. The summed E-state index contributed by atoms with van der Waals surface area (Å²) in [5.41, 5.74) is 0. The molecule has 0 rings (SSSR count). The highest BCUT2D eigenvalue weighted by molar-refractivity contribution is 4.80. The van der Waals surface area contributed by atoms with Crippen molar-refractivity contribution in [2.75, 3.05) is 6.54 Å². The minimum atomic E-state index is 0.674. The maximum atomic E-state index is 3.47. The van der Waals surface area contributed by atoms with Crippen molar-refractivity contribution in [3.05, 3.63) is 12.2 Å². The van der Waals surface area contributed by atoms with Gasteiger partial charge in [0.25, 0.3) is 0 Å². The van der Waals surface area contributed by atoms with Gasteiger partial charge in [-0.05, 0) is 20.3 Å². The molecule has 0 spiro atoms. The first-order valence-electron chi connectivity index (χ1n) is 5.65. The Hall–Kier alpha value is -0.300. The summed E-state index contributed by atoms with van der Waals surface area (Å²) in [6.07, 6.45) is 11.1. The van der Waals surface area contributed by atoms with Crippen LogP contribution in [0, 0.1) is 0 Å². The van der Waals surface area contributed by atoms with Gasteiger partial charge in [0.2, 0.25) is 0 Å². The van der Waals surface area contributed by atoms with Gasteiger partial charge in [0.05, 0.1) is 0 Å². The van der Waals surface area contributed by atoms with E-state index in [-0.39, 0.29) is 0 Å². The van der Waals surface area contributed by atoms with Crippen LogP contribution in [0.5, 0.6) is 0 Å². The SMILES string of the molecule is C/C=C/CNC(C)CCCCCC. The van der Waals surface area contributed by atoms with Crippen LogP contribution in [0.25, 0.3) is 0 Å². The molecule has 0 amide bonds. The van der Waals surface area contributed by atoms with Crippen molar-refractivity contribution in [2.45, 2.75) is 58.9 Å². The van der Waals surface area contributed by atoms with Gasteiger partial charge >= 0.3 is 0 Å². The second-order valence-corrected chi connectivity index (χ2v) is 3.73. The van der Waals surface area contributed by atoms with Crippen LogP contribution in [0.1, 0.15) is 52.9 Å². The van der Waals surface area contributed by atoms with Crippen LogP contribution in [-0.4, -0.2) is 12.6 Å². The zero-order valence-corrected chi connectivity index (χ0v) is 9.47. The molecule has 0 heterocycles. The topological polar surface area (TPSA) is 12.0 Å². The summed E-state index contributed by atoms with van der Waals surface area (Å²) >= 11 is 0. The molecular weight excluding hydrogens is 158 g/mol. The second kappa shape index (κ2) is 9.79. The fraction of sp³-hybridized carbons (Fsp3) is 0.833. The number of unbranched alkanes of at least 4 members (excludes halogenated alkanes) is 3. The summed E-state index contributed by atoms with van der Waals surface area (Å²) < 4.78 is 0. The standard InChI is InChI=1S/C12H25N/c1-4-6-8-9-10-12(3)13-11-7-5-2/h5,7,12-13H,4,6,8-11H2,1-3H3/b7-5+. The molecule has 0 aromatic rings. The van der Waals surface area contributed by atoms with Crippen molar-refractivity contribution in [3.63, 3.8) is 0 Å². The molecule has 1 unspecified atom stereocenters. The molecule has 0 saturated carbocycles. The Morgan fingerprint density at radius 1 is 1.23 bits per heavy atom. The van der Waals surface area contributed by atoms with E-state index in [2.05, 4.69) is 38.2 Å². The second-order valence-electron chi connectivity index (χ2n) is 3.73. The van der Waals surface area contributed by atoms with Crippen LogP contribution in [0.3, 0.4) is 0 Å². The number of rotatable bonds is 8. The molecule has 1 heteroatoms. The van der Waals surface area contributed by atoms with E-state index < -0.39 is 0 Å². The molecule has 0 fully saturated rings. The van der Waals surface area contributed by atoms with E-state index >= 15 is 0 Å². The summed E-state index contributed by atoms with van der Waals surface area (Å²) in [7, 11) is 0. The van der Waals surface area contributed by atoms with Crippen molar-refractivity contribution >= 4 is 0 Å². The summed E-state index contributed by atoms with van der Waals surface area (Å²) in [6, 6.07) is 0.674. The normalized spacial score (nSPS) is 13.8. The highest BCUT2D eigenvalue weighted by atomic mass is 14.9. The van der Waals surface area contributed by atoms with Crippen LogP contribution in [0.15, 0.2) is 12.2 Å². The summed E-state index contributed by atoms with van der Waals surface area (Å²) in [5, 5.41) is 3.47. The lowest BCUT2D eigenvalue weighted by Crippen LogP contribution is -2.25. The van der Waals surface area contributed by atoms with Crippen molar-refractivity contribution in [1.82, 2.24) is 5.32 Å². The van der Waals surface area contributed by atoms with Crippen LogP contribution < -0.4 is 5.32 Å². The van der Waals surface area contributed by atoms with E-state index in [1.54, 1.807) is 0 Å². The molecule has 0 aliphatic heterocycles. The molecule has 78 valence electrons. The van der Waals surface area contributed by atoms with Gasteiger partial charge in [0.1, 0.15) is 0 Å². The number of allylic oxidation sites excluding steroid dienone is 1. The molecule has 13 heavy (non-hydrogen) atoms. The predicted molar refractivity (Wildman–Crippen MR) is 61.0 cm³/mol. The van der Waals surface area contributed by atoms with Crippen molar-refractivity contribution < 1.29 is 0 Å². The first-order chi connectivity index (χ1) is 6.31. The van der Waals surface area contributed by atoms with Gasteiger partial charge in [-0.2, -0.15) is 0 Å². The zero-order chi connectivity index (χ0) is 9.94. The number of hydrogen-bond donors (Lipinski definition) is 1. The van der Waals surface area contributed by atoms with Crippen molar-refractivity contribution in [1.29, 1.82) is 0 Å². The van der Waals surface area contributed by atoms with E-state index in [1.807, 2.05) is 0 Å². The van der Waals surface area contributed by atoms with Gasteiger partial charge < -0.3 is 5.32 Å². The van der Waals surface area contributed by atoms with E-state index in [0.29, 0.717) is 6.04 Å². The summed E-state index contributed by atoms with van der Waals surface area (Å²) in [5.74, 6) is 0. The van der Waals surface area contributed by atoms with E-state index in [9.17, 15) is 0 Å². The third kappa shape index (κ3) is 9.62. The largest absolute Gasteiger partial charge is 0.311 e. The highest BCUT2D eigenvalue weighted by Gasteiger charge is 1.98. The Bertz CT molecular complexity index is 118. The Kier molecular flexibility index (Phi) is 9.56. The zero-order valence-electron chi connectivity index (χ0n) is 9.47. The quantitative estimate of drug-likeness (QED) is 0.448. The number of nitrogens with one attached hydrogen (secondary N) is 1. The lowest BCUT2D eigenvalue weighted by Gasteiger charge is -2.11. The molecule has 0 bridgehead atoms. The first-order valence-corrected chi connectivity index (χ1v) is 5.65. The lowest BCUT2D eigenvalue weighted by molar-refractivity contribution is 0.503. The van der Waals surface area contributed by atoms with Gasteiger partial charge in [0, 0.05) is 12.6 Å². The van der Waals surface area contributed by atoms with Crippen LogP contribution in [0.2, 0.25) is 0 Å². The Balaban J connectivity index is 3.14. The molecule has 1 nitrogen and oxygen atoms in total. The van der Waals surface area contributed by atoms with Gasteiger partial charge in [-0.25, -0.2) is 0 Å². The first kappa shape index (κ1) is 12.7. The number of hydrogen-bond acceptors (Lipinski definition) is 1. The summed E-state index contributed by atoms with van der Waals surface area (Å²) in [6.45, 7) is 7.61. The third-order valence-electron chi connectivity index (χ3n) is 2.31. The maximum absolute atomic E-state index is 3.47. The van der Waals surface area contributed by atoms with Gasteiger partial charge in [-0.1, -0.05) is 44.8 Å². The minimum absolute atomic E-state index is 0.674. The minimum Gasteiger partial charge on any atom is -0.311 e. The molecular formula is C12H25N. The molecule has 0 aromatic carbocycles. The van der Waals surface area contributed by atoms with Gasteiger partial charge in [0.15, 0.2) is 0 Å².